The van der Waals surface area contributed by atoms with Crippen LogP contribution in [0.5, 0.6) is 5.75 Å². The second-order valence-electron chi connectivity index (χ2n) is 11.8. The van der Waals surface area contributed by atoms with E-state index in [1.807, 2.05) is 60.7 Å². The van der Waals surface area contributed by atoms with Crippen molar-refractivity contribution in [2.75, 3.05) is 20.2 Å². The number of benzene rings is 4. The molecule has 2 N–H and O–H groups in total. The molecule has 0 fully saturated rings. The Morgan fingerprint density at radius 3 is 1.91 bits per heavy atom. The number of nitrogens with zero attached hydrogens (tertiary/aromatic N) is 1. The third kappa shape index (κ3) is 8.34. The van der Waals surface area contributed by atoms with Crippen LogP contribution in [0.1, 0.15) is 64.6 Å². The van der Waals surface area contributed by atoms with E-state index in [0.29, 0.717) is 41.8 Å². The molecule has 0 aliphatic heterocycles. The number of ether oxygens (including phenoxy) is 1. The van der Waals surface area contributed by atoms with Gasteiger partial charge in [0, 0.05) is 30.8 Å². The molecule has 0 aliphatic carbocycles. The minimum atomic E-state index is -0.976. The normalized spacial score (nSPS) is 11.1. The molecule has 4 aromatic carbocycles. The summed E-state index contributed by atoms with van der Waals surface area (Å²) in [5.74, 6) is -0.771. The van der Waals surface area contributed by atoms with Crippen molar-refractivity contribution in [3.05, 3.63) is 125 Å². The Labute approximate surface area is 259 Å². The summed E-state index contributed by atoms with van der Waals surface area (Å²) in [5, 5.41) is 12.4. The lowest BCUT2D eigenvalue weighted by molar-refractivity contribution is -0.137. The summed E-state index contributed by atoms with van der Waals surface area (Å²) in [7, 11) is 1.60. The van der Waals surface area contributed by atoms with Crippen molar-refractivity contribution in [3.63, 3.8) is 0 Å². The number of aliphatic carboxylic acids is 1. The van der Waals surface area contributed by atoms with Gasteiger partial charge < -0.3 is 20.1 Å². The Bertz CT molecular complexity index is 1590. The monoisotopic (exact) mass is 592 g/mol. The Hall–Kier alpha value is -4.91. The highest BCUT2D eigenvalue weighted by molar-refractivity contribution is 6.06. The maximum Gasteiger partial charge on any atom is 0.305 e. The van der Waals surface area contributed by atoms with Crippen LogP contribution in [0.25, 0.3) is 11.1 Å². The molecule has 2 amide bonds. The molecular formula is C37H40N2O5. The molecule has 0 unspecified atom stereocenters. The smallest absolute Gasteiger partial charge is 0.305 e. The molecule has 7 heteroatoms. The zero-order chi connectivity index (χ0) is 31.7. The van der Waals surface area contributed by atoms with Crippen molar-refractivity contribution < 1.29 is 24.2 Å². The van der Waals surface area contributed by atoms with E-state index in [2.05, 4.69) is 38.2 Å². The van der Waals surface area contributed by atoms with Gasteiger partial charge in [-0.25, -0.2) is 0 Å². The molecule has 44 heavy (non-hydrogen) atoms. The molecule has 7 nitrogen and oxygen atoms in total. The van der Waals surface area contributed by atoms with Crippen molar-refractivity contribution in [1.29, 1.82) is 0 Å². The minimum Gasteiger partial charge on any atom is -0.497 e. The standard InChI is InChI=1S/C37H40N2O5/c1-37(2,3)28-17-13-27(14-18-28)25-38-35(42)32-11-7-5-9-30(32)31-10-6-8-12-33(31)36(43)39(24-22-34(40)41)23-21-26-15-19-29(44-4)20-16-26/h5-20H,21-25H2,1-4H3,(H,38,42)(H,40,41). The number of carboxylic acids is 1. The molecule has 0 spiro atoms. The van der Waals surface area contributed by atoms with Crippen molar-refractivity contribution in [1.82, 2.24) is 10.2 Å². The average molecular weight is 593 g/mol. The van der Waals surface area contributed by atoms with Gasteiger partial charge in [-0.2, -0.15) is 0 Å². The number of amides is 2. The second kappa shape index (κ2) is 14.5. The highest BCUT2D eigenvalue weighted by Crippen LogP contribution is 2.29. The van der Waals surface area contributed by atoms with Gasteiger partial charge in [0.05, 0.1) is 13.5 Å². The number of nitrogens with one attached hydrogen (secondary N) is 1. The Kier molecular flexibility index (Phi) is 10.6. The van der Waals surface area contributed by atoms with Crippen LogP contribution in [-0.4, -0.2) is 48.0 Å². The maximum atomic E-state index is 14.0. The highest BCUT2D eigenvalue weighted by Gasteiger charge is 2.23. The summed E-state index contributed by atoms with van der Waals surface area (Å²) >= 11 is 0. The Morgan fingerprint density at radius 1 is 0.750 bits per heavy atom. The fourth-order valence-corrected chi connectivity index (χ4v) is 4.99. The Morgan fingerprint density at radius 2 is 1.32 bits per heavy atom. The quantitative estimate of drug-likeness (QED) is 0.190. The van der Waals surface area contributed by atoms with E-state index in [9.17, 15) is 19.5 Å². The zero-order valence-corrected chi connectivity index (χ0v) is 25.8. The third-order valence-corrected chi connectivity index (χ3v) is 7.60. The van der Waals surface area contributed by atoms with E-state index < -0.39 is 5.97 Å². The zero-order valence-electron chi connectivity index (χ0n) is 25.8. The molecule has 0 heterocycles. The topological polar surface area (TPSA) is 95.9 Å². The molecule has 0 aromatic heterocycles. The molecule has 0 saturated heterocycles. The maximum absolute atomic E-state index is 14.0. The summed E-state index contributed by atoms with van der Waals surface area (Å²) in [4.78, 5) is 40.4. The number of hydrogen-bond acceptors (Lipinski definition) is 4. The van der Waals surface area contributed by atoms with E-state index in [4.69, 9.17) is 4.74 Å². The van der Waals surface area contributed by atoms with E-state index in [0.717, 1.165) is 16.9 Å². The largest absolute Gasteiger partial charge is 0.497 e. The van der Waals surface area contributed by atoms with E-state index in [-0.39, 0.29) is 30.2 Å². The molecule has 0 aliphatic rings. The summed E-state index contributed by atoms with van der Waals surface area (Å²) in [6, 6.07) is 30.2. The number of hydrogen-bond donors (Lipinski definition) is 2. The number of carboxylic acid groups (broad SMARTS) is 1. The van der Waals surface area contributed by atoms with Gasteiger partial charge in [0.1, 0.15) is 5.75 Å². The van der Waals surface area contributed by atoms with Crippen LogP contribution in [0, 0.1) is 0 Å². The van der Waals surface area contributed by atoms with Crippen LogP contribution in [-0.2, 0) is 23.2 Å². The van der Waals surface area contributed by atoms with Crippen molar-refractivity contribution in [2.45, 2.75) is 45.6 Å². The average Bonchev–Trinajstić information content (AvgIpc) is 3.03. The van der Waals surface area contributed by atoms with Crippen molar-refractivity contribution in [3.8, 4) is 16.9 Å². The van der Waals surface area contributed by atoms with Gasteiger partial charge in [-0.05, 0) is 63.9 Å². The van der Waals surface area contributed by atoms with E-state index in [1.165, 1.54) is 5.56 Å². The van der Waals surface area contributed by atoms with Crippen LogP contribution in [0.4, 0.5) is 0 Å². The predicted octanol–water partition coefficient (Wildman–Crippen LogP) is 6.75. The lowest BCUT2D eigenvalue weighted by Gasteiger charge is -2.24. The predicted molar refractivity (Wildman–Crippen MR) is 173 cm³/mol. The van der Waals surface area contributed by atoms with E-state index >= 15 is 0 Å². The molecular weight excluding hydrogens is 552 g/mol. The Balaban J connectivity index is 1.56. The van der Waals surface area contributed by atoms with Gasteiger partial charge in [-0.3, -0.25) is 14.4 Å². The number of methoxy groups -OCH3 is 1. The van der Waals surface area contributed by atoms with Crippen LogP contribution in [0.3, 0.4) is 0 Å². The SMILES string of the molecule is COc1ccc(CCN(CCC(=O)O)C(=O)c2ccccc2-c2ccccc2C(=O)NCc2ccc(C(C)(C)C)cc2)cc1. The van der Waals surface area contributed by atoms with Gasteiger partial charge in [-0.15, -0.1) is 0 Å². The van der Waals surface area contributed by atoms with Crippen molar-refractivity contribution in [2.24, 2.45) is 0 Å². The highest BCUT2D eigenvalue weighted by atomic mass is 16.5. The van der Waals surface area contributed by atoms with Gasteiger partial charge >= 0.3 is 5.97 Å². The second-order valence-corrected chi connectivity index (χ2v) is 11.8. The van der Waals surface area contributed by atoms with Crippen molar-refractivity contribution >= 4 is 17.8 Å². The third-order valence-electron chi connectivity index (χ3n) is 7.60. The molecule has 0 atom stereocenters. The van der Waals surface area contributed by atoms with Crippen LogP contribution < -0.4 is 10.1 Å². The number of carbonyl (C=O) groups is 3. The number of carbonyl (C=O) groups excluding carboxylic acids is 2. The first-order valence-electron chi connectivity index (χ1n) is 14.8. The van der Waals surface area contributed by atoms with Gasteiger partial charge in [0.15, 0.2) is 0 Å². The van der Waals surface area contributed by atoms with E-state index in [1.54, 1.807) is 36.3 Å². The first kappa shape index (κ1) is 32.0. The lowest BCUT2D eigenvalue weighted by Crippen LogP contribution is -2.35. The van der Waals surface area contributed by atoms with Crippen LogP contribution in [0.2, 0.25) is 0 Å². The van der Waals surface area contributed by atoms with Crippen LogP contribution >= 0.6 is 0 Å². The lowest BCUT2D eigenvalue weighted by atomic mass is 9.87. The molecule has 228 valence electrons. The first-order valence-corrected chi connectivity index (χ1v) is 14.8. The summed E-state index contributed by atoms with van der Waals surface area (Å²) in [5.41, 5.74) is 5.37. The summed E-state index contributed by atoms with van der Waals surface area (Å²) < 4.78 is 5.23. The summed E-state index contributed by atoms with van der Waals surface area (Å²) in [6.45, 7) is 7.25. The molecule has 0 saturated carbocycles. The van der Waals surface area contributed by atoms with Crippen LogP contribution in [0.15, 0.2) is 97.1 Å². The van der Waals surface area contributed by atoms with Gasteiger partial charge in [-0.1, -0.05) is 93.6 Å². The fourth-order valence-electron chi connectivity index (χ4n) is 4.99. The molecule has 0 bridgehead atoms. The number of rotatable bonds is 12. The summed E-state index contributed by atoms with van der Waals surface area (Å²) in [6.07, 6.45) is 0.374. The molecule has 4 rings (SSSR count). The molecule has 4 aromatic rings. The van der Waals surface area contributed by atoms with Gasteiger partial charge in [0.25, 0.3) is 11.8 Å². The minimum absolute atomic E-state index is 0.0461. The molecule has 0 radical (unpaired) electrons. The fraction of sp³-hybridized carbons (Fsp3) is 0.270. The van der Waals surface area contributed by atoms with Gasteiger partial charge in [0.2, 0.25) is 0 Å². The first-order chi connectivity index (χ1) is 21.1.